The Bertz CT molecular complexity index is 438. The van der Waals surface area contributed by atoms with Gasteiger partial charge < -0.3 is 0 Å². The Kier molecular flexibility index (Phi) is 8.41. The fourth-order valence-electron chi connectivity index (χ4n) is 2.20. The van der Waals surface area contributed by atoms with Crippen molar-refractivity contribution < 1.29 is 4.79 Å². The number of nitrogens with zero attached hydrogens (tertiary/aromatic N) is 1. The molecule has 1 aromatic rings. The van der Waals surface area contributed by atoms with Gasteiger partial charge in [0, 0.05) is 6.42 Å². The first-order chi connectivity index (χ1) is 10.1. The number of amides is 1. The zero-order valence-corrected chi connectivity index (χ0v) is 13.6. The Morgan fingerprint density at radius 1 is 1.10 bits per heavy atom. The Balaban J connectivity index is 2.46. The second-order valence-electron chi connectivity index (χ2n) is 5.72. The van der Waals surface area contributed by atoms with Crippen LogP contribution in [0.3, 0.4) is 0 Å². The third-order valence-corrected chi connectivity index (χ3v) is 3.42. The molecule has 0 unspecified atom stereocenters. The van der Waals surface area contributed by atoms with Gasteiger partial charge in [0.1, 0.15) is 0 Å². The van der Waals surface area contributed by atoms with Crippen LogP contribution in [0.25, 0.3) is 0 Å². The smallest absolute Gasteiger partial charge is 0.240 e. The maximum Gasteiger partial charge on any atom is 0.240 e. The maximum absolute atomic E-state index is 11.8. The van der Waals surface area contributed by atoms with E-state index >= 15 is 0 Å². The summed E-state index contributed by atoms with van der Waals surface area (Å²) >= 11 is 0. The van der Waals surface area contributed by atoms with Gasteiger partial charge in [-0.3, -0.25) is 4.79 Å². The fourth-order valence-corrected chi connectivity index (χ4v) is 2.20. The van der Waals surface area contributed by atoms with Crippen LogP contribution in [0.1, 0.15) is 64.9 Å². The van der Waals surface area contributed by atoms with Crippen LogP contribution in [0.2, 0.25) is 0 Å². The monoisotopic (exact) mass is 288 g/mol. The van der Waals surface area contributed by atoms with Gasteiger partial charge in [0.15, 0.2) is 0 Å². The molecule has 1 amide bonds. The van der Waals surface area contributed by atoms with Gasteiger partial charge in [-0.1, -0.05) is 76.8 Å². The van der Waals surface area contributed by atoms with E-state index < -0.39 is 0 Å². The first-order valence-electron chi connectivity index (χ1n) is 8.07. The molecule has 3 nitrogen and oxygen atoms in total. The van der Waals surface area contributed by atoms with Crippen molar-refractivity contribution in [3.05, 3.63) is 35.9 Å². The molecule has 0 bridgehead atoms. The quantitative estimate of drug-likeness (QED) is 0.405. The number of hydrogen-bond donors (Lipinski definition) is 1. The minimum atomic E-state index is 0.0144. The highest BCUT2D eigenvalue weighted by Crippen LogP contribution is 2.09. The Hall–Kier alpha value is -1.64. The molecule has 3 heteroatoms. The van der Waals surface area contributed by atoms with Crippen LogP contribution in [0.15, 0.2) is 35.4 Å². The second-order valence-corrected chi connectivity index (χ2v) is 5.72. The minimum Gasteiger partial charge on any atom is -0.273 e. The summed E-state index contributed by atoms with van der Waals surface area (Å²) in [6.07, 6.45) is 6.34. The lowest BCUT2D eigenvalue weighted by Gasteiger charge is -2.10. The lowest BCUT2D eigenvalue weighted by Crippen LogP contribution is -2.21. The molecule has 116 valence electrons. The summed E-state index contributed by atoms with van der Waals surface area (Å²) in [5, 5.41) is 4.33. The third kappa shape index (κ3) is 7.07. The van der Waals surface area contributed by atoms with Crippen molar-refractivity contribution >= 4 is 11.6 Å². The van der Waals surface area contributed by atoms with Gasteiger partial charge in [-0.2, -0.15) is 5.10 Å². The molecule has 0 radical (unpaired) electrons. The van der Waals surface area contributed by atoms with Gasteiger partial charge in [-0.25, -0.2) is 5.43 Å². The van der Waals surface area contributed by atoms with E-state index in [4.69, 9.17) is 0 Å². The summed E-state index contributed by atoms with van der Waals surface area (Å²) in [6, 6.07) is 10.0. The van der Waals surface area contributed by atoms with Gasteiger partial charge in [0.2, 0.25) is 5.91 Å². The minimum absolute atomic E-state index is 0.0144. The van der Waals surface area contributed by atoms with Crippen molar-refractivity contribution in [1.82, 2.24) is 5.43 Å². The molecule has 0 heterocycles. The topological polar surface area (TPSA) is 41.5 Å². The summed E-state index contributed by atoms with van der Waals surface area (Å²) in [6.45, 7) is 6.37. The van der Waals surface area contributed by atoms with Crippen LogP contribution in [0, 0.1) is 5.92 Å². The van der Waals surface area contributed by atoms with E-state index in [9.17, 15) is 4.79 Å². The van der Waals surface area contributed by atoms with Crippen LogP contribution in [0.4, 0.5) is 0 Å². The van der Waals surface area contributed by atoms with Crippen molar-refractivity contribution in [2.24, 2.45) is 11.0 Å². The highest BCUT2D eigenvalue weighted by atomic mass is 16.2. The molecule has 1 rings (SSSR count). The predicted molar refractivity (Wildman–Crippen MR) is 89.3 cm³/mol. The molecule has 1 N–H and O–H groups in total. The summed E-state index contributed by atoms with van der Waals surface area (Å²) in [4.78, 5) is 11.8. The summed E-state index contributed by atoms with van der Waals surface area (Å²) in [7, 11) is 0. The highest BCUT2D eigenvalue weighted by molar-refractivity contribution is 6.02. The molecule has 21 heavy (non-hydrogen) atoms. The van der Waals surface area contributed by atoms with Gasteiger partial charge in [-0.15, -0.1) is 0 Å². The number of rotatable bonds is 9. The lowest BCUT2D eigenvalue weighted by molar-refractivity contribution is -0.121. The average Bonchev–Trinajstić information content (AvgIpc) is 2.48. The molecule has 0 spiro atoms. The van der Waals surface area contributed by atoms with Gasteiger partial charge in [0.25, 0.3) is 0 Å². The number of unbranched alkanes of at least 4 members (excludes halogenated alkanes) is 4. The van der Waals surface area contributed by atoms with E-state index in [1.54, 1.807) is 0 Å². The van der Waals surface area contributed by atoms with Gasteiger partial charge in [-0.05, 0) is 17.9 Å². The van der Waals surface area contributed by atoms with Crippen LogP contribution in [0.5, 0.6) is 0 Å². The molecule has 1 aromatic carbocycles. The predicted octanol–water partition coefficient (Wildman–Crippen LogP) is 4.52. The van der Waals surface area contributed by atoms with Gasteiger partial charge in [0.05, 0.1) is 5.71 Å². The average molecular weight is 288 g/mol. The van der Waals surface area contributed by atoms with E-state index in [1.807, 2.05) is 30.3 Å². The summed E-state index contributed by atoms with van der Waals surface area (Å²) < 4.78 is 0. The standard InChI is InChI=1S/C18H28N2O/c1-4-5-6-7-11-14-17(21)19-20-18(15(2)3)16-12-9-8-10-13-16/h8-10,12-13,15H,4-7,11,14H2,1-3H3,(H,19,21). The Labute approximate surface area is 128 Å². The van der Waals surface area contributed by atoms with Gasteiger partial charge >= 0.3 is 0 Å². The number of carbonyl (C=O) groups is 1. The second kappa shape index (κ2) is 10.1. The fraction of sp³-hybridized carbons (Fsp3) is 0.556. The molecule has 0 aliphatic carbocycles. The van der Waals surface area contributed by atoms with Crippen molar-refractivity contribution in [1.29, 1.82) is 0 Å². The Morgan fingerprint density at radius 3 is 2.38 bits per heavy atom. The van der Waals surface area contributed by atoms with Crippen LogP contribution < -0.4 is 5.43 Å². The van der Waals surface area contributed by atoms with E-state index in [2.05, 4.69) is 31.3 Å². The van der Waals surface area contributed by atoms with Crippen molar-refractivity contribution in [2.75, 3.05) is 0 Å². The first kappa shape index (κ1) is 17.4. The molecule has 0 aromatic heterocycles. The molecule has 0 aliphatic rings. The van der Waals surface area contributed by atoms with Crippen molar-refractivity contribution in [3.8, 4) is 0 Å². The molecule has 0 saturated carbocycles. The zero-order chi connectivity index (χ0) is 15.5. The summed E-state index contributed by atoms with van der Waals surface area (Å²) in [5.74, 6) is 0.290. The largest absolute Gasteiger partial charge is 0.273 e. The molecular formula is C18H28N2O. The lowest BCUT2D eigenvalue weighted by atomic mass is 10.0. The molecular weight excluding hydrogens is 260 g/mol. The molecule has 0 saturated heterocycles. The van der Waals surface area contributed by atoms with E-state index in [1.165, 1.54) is 19.3 Å². The highest BCUT2D eigenvalue weighted by Gasteiger charge is 2.09. The van der Waals surface area contributed by atoms with E-state index in [0.717, 1.165) is 24.1 Å². The SMILES string of the molecule is CCCCCCCC(=O)NN=C(c1ccccc1)C(C)C. The van der Waals surface area contributed by atoms with Crippen LogP contribution >= 0.6 is 0 Å². The van der Waals surface area contributed by atoms with Crippen LogP contribution in [-0.2, 0) is 4.79 Å². The number of benzene rings is 1. The number of nitrogens with one attached hydrogen (secondary N) is 1. The normalized spacial score (nSPS) is 11.7. The van der Waals surface area contributed by atoms with Crippen molar-refractivity contribution in [2.45, 2.75) is 59.3 Å². The Morgan fingerprint density at radius 2 is 1.76 bits per heavy atom. The van der Waals surface area contributed by atoms with Crippen LogP contribution in [-0.4, -0.2) is 11.6 Å². The third-order valence-electron chi connectivity index (χ3n) is 3.42. The molecule has 0 fully saturated rings. The molecule has 0 atom stereocenters. The summed E-state index contributed by atoms with van der Waals surface area (Å²) in [5.41, 5.74) is 4.69. The maximum atomic E-state index is 11.8. The first-order valence-corrected chi connectivity index (χ1v) is 8.07. The van der Waals surface area contributed by atoms with E-state index in [0.29, 0.717) is 6.42 Å². The number of carbonyl (C=O) groups excluding carboxylic acids is 1. The zero-order valence-electron chi connectivity index (χ0n) is 13.6. The number of hydrazone groups is 1. The molecule has 0 aliphatic heterocycles. The number of hydrogen-bond acceptors (Lipinski definition) is 2. The van der Waals surface area contributed by atoms with Crippen molar-refractivity contribution in [3.63, 3.8) is 0 Å². The van der Waals surface area contributed by atoms with E-state index in [-0.39, 0.29) is 11.8 Å².